The second kappa shape index (κ2) is 4.65. The van der Waals surface area contributed by atoms with Crippen LogP contribution in [-0.4, -0.2) is 28.2 Å². The Morgan fingerprint density at radius 2 is 2.29 bits per heavy atom. The minimum atomic E-state index is -0.267. The molecule has 0 saturated heterocycles. The highest BCUT2D eigenvalue weighted by atomic mass is 16.5. The highest BCUT2D eigenvalue weighted by Crippen LogP contribution is 2.18. The van der Waals surface area contributed by atoms with Crippen LogP contribution in [0.1, 0.15) is 15.9 Å². The fraction of sp³-hybridized carbons (Fsp3) is 0.182. The predicted molar refractivity (Wildman–Crippen MR) is 62.1 cm³/mol. The van der Waals surface area contributed by atoms with Crippen LogP contribution >= 0.6 is 0 Å². The maximum Gasteiger partial charge on any atom is 0.260 e. The van der Waals surface area contributed by atoms with Crippen molar-refractivity contribution in [2.75, 3.05) is 12.4 Å². The summed E-state index contributed by atoms with van der Waals surface area (Å²) in [6.45, 7) is 1.85. The molecule has 0 aliphatic carbocycles. The highest BCUT2D eigenvalue weighted by molar-refractivity contribution is 6.05. The second-order valence-corrected chi connectivity index (χ2v) is 3.46. The van der Waals surface area contributed by atoms with Gasteiger partial charge in [0, 0.05) is 11.8 Å². The first-order valence-corrected chi connectivity index (χ1v) is 5.01. The molecule has 2 aromatic rings. The number of aromatic amines is 1. The number of aromatic nitrogens is 3. The number of nitrogens with zero attached hydrogens (tertiary/aromatic N) is 2. The van der Waals surface area contributed by atoms with Crippen molar-refractivity contribution in [2.45, 2.75) is 6.92 Å². The number of carbonyl (C=O) groups is 1. The van der Waals surface area contributed by atoms with E-state index in [0.29, 0.717) is 17.1 Å². The molecule has 0 bridgehead atoms. The van der Waals surface area contributed by atoms with Gasteiger partial charge < -0.3 is 10.1 Å². The number of methoxy groups -OCH3 is 1. The summed E-state index contributed by atoms with van der Waals surface area (Å²) >= 11 is 0. The van der Waals surface area contributed by atoms with Gasteiger partial charge in [-0.3, -0.25) is 14.9 Å². The molecule has 0 radical (unpaired) electrons. The first-order valence-electron chi connectivity index (χ1n) is 5.01. The molecular formula is C11H12N4O2. The van der Waals surface area contributed by atoms with E-state index in [1.54, 1.807) is 12.3 Å². The van der Waals surface area contributed by atoms with Crippen LogP contribution in [0, 0.1) is 6.92 Å². The fourth-order valence-electron chi connectivity index (χ4n) is 1.38. The number of anilines is 1. The average molecular weight is 232 g/mol. The fourth-order valence-corrected chi connectivity index (χ4v) is 1.38. The van der Waals surface area contributed by atoms with Gasteiger partial charge in [-0.15, -0.1) is 0 Å². The van der Waals surface area contributed by atoms with Crippen LogP contribution < -0.4 is 10.1 Å². The van der Waals surface area contributed by atoms with Gasteiger partial charge in [-0.1, -0.05) is 0 Å². The van der Waals surface area contributed by atoms with Crippen molar-refractivity contribution in [1.82, 2.24) is 15.2 Å². The quantitative estimate of drug-likeness (QED) is 0.837. The lowest BCUT2D eigenvalue weighted by atomic mass is 10.2. The van der Waals surface area contributed by atoms with Gasteiger partial charge in [0.15, 0.2) is 0 Å². The van der Waals surface area contributed by atoms with Gasteiger partial charge in [0.1, 0.15) is 11.6 Å². The molecule has 2 N–H and O–H groups in total. The number of nitrogens with one attached hydrogen (secondary N) is 2. The molecule has 2 heterocycles. The van der Waals surface area contributed by atoms with E-state index in [1.807, 2.05) is 6.92 Å². The number of rotatable bonds is 3. The summed E-state index contributed by atoms with van der Waals surface area (Å²) in [5.41, 5.74) is 1.29. The number of aryl methyl sites for hydroxylation is 1. The van der Waals surface area contributed by atoms with Crippen molar-refractivity contribution in [3.8, 4) is 5.75 Å². The van der Waals surface area contributed by atoms with Crippen molar-refractivity contribution in [2.24, 2.45) is 0 Å². The molecule has 2 rings (SSSR count). The largest absolute Gasteiger partial charge is 0.494 e. The zero-order chi connectivity index (χ0) is 12.3. The Kier molecular flexibility index (Phi) is 3.04. The van der Waals surface area contributed by atoms with Gasteiger partial charge in [0.2, 0.25) is 0 Å². The summed E-state index contributed by atoms with van der Waals surface area (Å²) in [5.74, 6) is 0.743. The lowest BCUT2D eigenvalue weighted by Crippen LogP contribution is -2.14. The lowest BCUT2D eigenvalue weighted by Gasteiger charge is -2.07. The Morgan fingerprint density at radius 3 is 2.94 bits per heavy atom. The average Bonchev–Trinajstić information content (AvgIpc) is 2.75. The molecule has 88 valence electrons. The van der Waals surface area contributed by atoms with Crippen LogP contribution in [0.2, 0.25) is 0 Å². The van der Waals surface area contributed by atoms with Crippen molar-refractivity contribution < 1.29 is 9.53 Å². The van der Waals surface area contributed by atoms with Crippen LogP contribution in [0.3, 0.4) is 0 Å². The van der Waals surface area contributed by atoms with Gasteiger partial charge in [0.25, 0.3) is 5.91 Å². The van der Waals surface area contributed by atoms with E-state index in [2.05, 4.69) is 20.5 Å². The van der Waals surface area contributed by atoms with E-state index in [0.717, 1.165) is 5.56 Å². The molecule has 0 saturated carbocycles. The maximum atomic E-state index is 12.0. The second-order valence-electron chi connectivity index (χ2n) is 3.46. The van der Waals surface area contributed by atoms with Gasteiger partial charge in [-0.25, -0.2) is 0 Å². The van der Waals surface area contributed by atoms with Crippen molar-refractivity contribution >= 4 is 11.7 Å². The van der Waals surface area contributed by atoms with Crippen LogP contribution in [0.25, 0.3) is 0 Å². The van der Waals surface area contributed by atoms with Crippen LogP contribution in [0.5, 0.6) is 5.75 Å². The van der Waals surface area contributed by atoms with Crippen LogP contribution in [0.15, 0.2) is 24.7 Å². The summed E-state index contributed by atoms with van der Waals surface area (Å²) in [6.07, 6.45) is 4.67. The Balaban J connectivity index is 2.23. The van der Waals surface area contributed by atoms with E-state index in [4.69, 9.17) is 4.74 Å². The molecule has 17 heavy (non-hydrogen) atoms. The van der Waals surface area contributed by atoms with Gasteiger partial charge in [-0.05, 0) is 13.0 Å². The Morgan fingerprint density at radius 1 is 1.47 bits per heavy atom. The Labute approximate surface area is 98.0 Å². The molecule has 0 atom stereocenters. The van der Waals surface area contributed by atoms with Gasteiger partial charge >= 0.3 is 0 Å². The molecule has 0 unspecified atom stereocenters. The van der Waals surface area contributed by atoms with Gasteiger partial charge in [0.05, 0.1) is 25.1 Å². The monoisotopic (exact) mass is 232 g/mol. The molecular weight excluding hydrogens is 220 g/mol. The number of ether oxygens (including phenoxy) is 1. The topological polar surface area (TPSA) is 79.9 Å². The number of hydrogen-bond acceptors (Lipinski definition) is 4. The molecule has 6 heteroatoms. The van der Waals surface area contributed by atoms with Gasteiger partial charge in [-0.2, -0.15) is 5.10 Å². The van der Waals surface area contributed by atoms with E-state index in [1.165, 1.54) is 19.5 Å². The van der Waals surface area contributed by atoms with Crippen LogP contribution in [-0.2, 0) is 0 Å². The zero-order valence-electron chi connectivity index (χ0n) is 9.52. The van der Waals surface area contributed by atoms with Crippen molar-refractivity contribution in [3.63, 3.8) is 0 Å². The van der Waals surface area contributed by atoms with Crippen LogP contribution in [0.4, 0.5) is 5.82 Å². The Hall–Kier alpha value is -2.37. The summed E-state index contributed by atoms with van der Waals surface area (Å²) in [6, 6.07) is 1.60. The first kappa shape index (κ1) is 11.1. The SMILES string of the molecule is COc1cnccc1C(=O)Nc1[nH]ncc1C. The number of hydrogen-bond donors (Lipinski definition) is 2. The molecule has 1 amide bonds. The Bertz CT molecular complexity index is 536. The third-order valence-corrected chi connectivity index (χ3v) is 2.32. The molecule has 0 spiro atoms. The number of pyridine rings is 1. The smallest absolute Gasteiger partial charge is 0.260 e. The summed E-state index contributed by atoms with van der Waals surface area (Å²) < 4.78 is 5.07. The zero-order valence-corrected chi connectivity index (χ0v) is 9.52. The molecule has 0 aliphatic heterocycles. The van der Waals surface area contributed by atoms with E-state index in [-0.39, 0.29) is 5.91 Å². The van der Waals surface area contributed by atoms with Crippen molar-refractivity contribution in [1.29, 1.82) is 0 Å². The minimum absolute atomic E-state index is 0.267. The summed E-state index contributed by atoms with van der Waals surface area (Å²) in [7, 11) is 1.50. The molecule has 0 aliphatic rings. The lowest BCUT2D eigenvalue weighted by molar-refractivity contribution is 0.102. The number of H-pyrrole nitrogens is 1. The molecule has 0 aromatic carbocycles. The van der Waals surface area contributed by atoms with Crippen molar-refractivity contribution in [3.05, 3.63) is 35.8 Å². The number of carbonyl (C=O) groups excluding carboxylic acids is 1. The van der Waals surface area contributed by atoms with E-state index < -0.39 is 0 Å². The standard InChI is InChI=1S/C11H12N4O2/c1-7-5-13-15-10(7)14-11(16)8-3-4-12-6-9(8)17-2/h3-6H,1-2H3,(H2,13,14,15,16). The predicted octanol–water partition coefficient (Wildman–Crippen LogP) is 1.37. The third-order valence-electron chi connectivity index (χ3n) is 2.32. The molecule has 6 nitrogen and oxygen atoms in total. The molecule has 2 aromatic heterocycles. The third kappa shape index (κ3) is 2.25. The minimum Gasteiger partial charge on any atom is -0.494 e. The normalized spacial score (nSPS) is 10.0. The van der Waals surface area contributed by atoms with E-state index in [9.17, 15) is 4.79 Å². The number of amides is 1. The maximum absolute atomic E-state index is 12.0. The highest BCUT2D eigenvalue weighted by Gasteiger charge is 2.13. The molecule has 0 fully saturated rings. The summed E-state index contributed by atoms with van der Waals surface area (Å²) in [5, 5.41) is 9.25. The first-order chi connectivity index (χ1) is 8.22. The summed E-state index contributed by atoms with van der Waals surface area (Å²) in [4.78, 5) is 15.9. The van der Waals surface area contributed by atoms with E-state index >= 15 is 0 Å².